The van der Waals surface area contributed by atoms with Gasteiger partial charge in [0.25, 0.3) is 0 Å². The summed E-state index contributed by atoms with van der Waals surface area (Å²) in [5.74, 6) is -0.259. The lowest BCUT2D eigenvalue weighted by molar-refractivity contribution is -0.117. The van der Waals surface area contributed by atoms with Gasteiger partial charge in [0.05, 0.1) is 11.4 Å². The van der Waals surface area contributed by atoms with Crippen LogP contribution < -0.4 is 10.6 Å². The predicted molar refractivity (Wildman–Crippen MR) is 57.3 cm³/mol. The van der Waals surface area contributed by atoms with Gasteiger partial charge in [-0.1, -0.05) is 13.8 Å². The number of fused-ring (bicyclic) bond motifs is 1. The fourth-order valence-corrected chi connectivity index (χ4v) is 1.66. The van der Waals surface area contributed by atoms with E-state index < -0.39 is 0 Å². The first-order valence-corrected chi connectivity index (χ1v) is 4.95. The summed E-state index contributed by atoms with van der Waals surface area (Å²) in [6.07, 6.45) is 0. The van der Waals surface area contributed by atoms with Crippen LogP contribution in [-0.4, -0.2) is 11.9 Å². The molecular weight excluding hydrogens is 195 g/mol. The molecule has 0 saturated carbocycles. The molecule has 0 radical (unpaired) electrons. The number of carbonyl (C=O) groups is 1. The Morgan fingerprint density at radius 1 is 1.33 bits per heavy atom. The van der Waals surface area contributed by atoms with Crippen molar-refractivity contribution in [3.8, 4) is 0 Å². The van der Waals surface area contributed by atoms with Gasteiger partial charge in [-0.3, -0.25) is 4.79 Å². The van der Waals surface area contributed by atoms with Crippen molar-refractivity contribution in [2.75, 3.05) is 10.6 Å². The molecular formula is C11H13FN2O. The summed E-state index contributed by atoms with van der Waals surface area (Å²) in [6, 6.07) is 4.08. The largest absolute Gasteiger partial charge is 0.372 e. The molecule has 1 amide bonds. The minimum absolute atomic E-state index is 0.108. The third-order valence-corrected chi connectivity index (χ3v) is 2.50. The number of nitrogens with one attached hydrogen (secondary N) is 2. The molecule has 1 aromatic rings. The minimum Gasteiger partial charge on any atom is -0.372 e. The van der Waals surface area contributed by atoms with Crippen molar-refractivity contribution in [3.63, 3.8) is 0 Å². The highest BCUT2D eigenvalue weighted by Gasteiger charge is 2.27. The van der Waals surface area contributed by atoms with Crippen molar-refractivity contribution in [2.24, 2.45) is 5.92 Å². The molecule has 1 aromatic carbocycles. The summed E-state index contributed by atoms with van der Waals surface area (Å²) >= 11 is 0. The van der Waals surface area contributed by atoms with Crippen LogP contribution in [0.3, 0.4) is 0 Å². The number of hydrogen-bond donors (Lipinski definition) is 2. The topological polar surface area (TPSA) is 41.1 Å². The predicted octanol–water partition coefficient (Wildman–Crippen LogP) is 2.21. The highest BCUT2D eigenvalue weighted by atomic mass is 19.1. The molecule has 0 aliphatic carbocycles. The Morgan fingerprint density at radius 3 is 2.73 bits per heavy atom. The van der Waals surface area contributed by atoms with Crippen LogP contribution >= 0.6 is 0 Å². The number of rotatable bonds is 1. The Bertz CT molecular complexity index is 404. The lowest BCUT2D eigenvalue weighted by atomic mass is 10.0. The fraction of sp³-hybridized carbons (Fsp3) is 0.364. The van der Waals surface area contributed by atoms with Gasteiger partial charge in [0.15, 0.2) is 0 Å². The number of amides is 1. The Kier molecular flexibility index (Phi) is 2.34. The van der Waals surface area contributed by atoms with Gasteiger partial charge in [-0.15, -0.1) is 0 Å². The normalized spacial score (nSPS) is 19.5. The van der Waals surface area contributed by atoms with Crippen molar-refractivity contribution in [1.29, 1.82) is 0 Å². The quantitative estimate of drug-likeness (QED) is 0.743. The van der Waals surface area contributed by atoms with E-state index in [2.05, 4.69) is 10.6 Å². The molecule has 3 nitrogen and oxygen atoms in total. The van der Waals surface area contributed by atoms with Crippen molar-refractivity contribution in [3.05, 3.63) is 24.0 Å². The summed E-state index contributed by atoms with van der Waals surface area (Å²) in [5.41, 5.74) is 1.28. The summed E-state index contributed by atoms with van der Waals surface area (Å²) in [4.78, 5) is 11.6. The lowest BCUT2D eigenvalue weighted by Crippen LogP contribution is -2.42. The number of benzene rings is 1. The standard InChI is InChI=1S/C11H13FN2O/c1-6(2)10-11(15)14-9-5-7(12)3-4-8(9)13-10/h3-6,10,13H,1-2H3,(H,14,15)/t10-/m0/s1. The Hall–Kier alpha value is -1.58. The third kappa shape index (κ3) is 1.79. The summed E-state index contributed by atoms with van der Waals surface area (Å²) in [5, 5.41) is 5.79. The number of carbonyl (C=O) groups excluding carboxylic acids is 1. The van der Waals surface area contributed by atoms with Gasteiger partial charge in [-0.2, -0.15) is 0 Å². The molecule has 1 aliphatic heterocycles. The second-order valence-corrected chi connectivity index (χ2v) is 4.05. The zero-order chi connectivity index (χ0) is 11.0. The summed E-state index contributed by atoms with van der Waals surface area (Å²) in [6.45, 7) is 3.93. The maximum atomic E-state index is 12.9. The minimum atomic E-state index is -0.348. The molecule has 2 N–H and O–H groups in total. The van der Waals surface area contributed by atoms with Gasteiger partial charge in [0.2, 0.25) is 5.91 Å². The third-order valence-electron chi connectivity index (χ3n) is 2.50. The van der Waals surface area contributed by atoms with Gasteiger partial charge < -0.3 is 10.6 Å². The molecule has 1 aliphatic rings. The van der Waals surface area contributed by atoms with E-state index in [1.165, 1.54) is 12.1 Å². The lowest BCUT2D eigenvalue weighted by Gasteiger charge is -2.29. The van der Waals surface area contributed by atoms with Crippen LogP contribution in [0.1, 0.15) is 13.8 Å². The average molecular weight is 208 g/mol. The molecule has 0 aromatic heterocycles. The Morgan fingerprint density at radius 2 is 2.07 bits per heavy atom. The van der Waals surface area contributed by atoms with E-state index in [0.717, 1.165) is 5.69 Å². The molecule has 0 fully saturated rings. The van der Waals surface area contributed by atoms with E-state index in [0.29, 0.717) is 5.69 Å². The molecule has 0 unspecified atom stereocenters. The van der Waals surface area contributed by atoms with Crippen molar-refractivity contribution < 1.29 is 9.18 Å². The zero-order valence-corrected chi connectivity index (χ0v) is 8.67. The Balaban J connectivity index is 2.34. The maximum absolute atomic E-state index is 12.9. The molecule has 0 saturated heterocycles. The SMILES string of the molecule is CC(C)[C@@H]1Nc2ccc(F)cc2NC1=O. The summed E-state index contributed by atoms with van der Waals surface area (Å²) in [7, 11) is 0. The van der Waals surface area contributed by atoms with Crippen LogP contribution in [0.5, 0.6) is 0 Å². The van der Waals surface area contributed by atoms with Crippen LogP contribution in [0.25, 0.3) is 0 Å². The van der Waals surface area contributed by atoms with Gasteiger partial charge in [0.1, 0.15) is 11.9 Å². The molecule has 0 spiro atoms. The average Bonchev–Trinajstić information content (AvgIpc) is 2.15. The highest BCUT2D eigenvalue weighted by Crippen LogP contribution is 2.28. The first-order valence-electron chi connectivity index (χ1n) is 4.95. The second-order valence-electron chi connectivity index (χ2n) is 4.05. The van der Waals surface area contributed by atoms with E-state index >= 15 is 0 Å². The van der Waals surface area contributed by atoms with E-state index in [9.17, 15) is 9.18 Å². The maximum Gasteiger partial charge on any atom is 0.247 e. The van der Waals surface area contributed by atoms with Gasteiger partial charge >= 0.3 is 0 Å². The smallest absolute Gasteiger partial charge is 0.247 e. The van der Waals surface area contributed by atoms with Crippen LogP contribution in [0, 0.1) is 11.7 Å². The van der Waals surface area contributed by atoms with Gasteiger partial charge in [-0.05, 0) is 24.1 Å². The van der Waals surface area contributed by atoms with Crippen molar-refractivity contribution in [2.45, 2.75) is 19.9 Å². The zero-order valence-electron chi connectivity index (χ0n) is 8.67. The van der Waals surface area contributed by atoms with E-state index in [-0.39, 0.29) is 23.7 Å². The molecule has 15 heavy (non-hydrogen) atoms. The van der Waals surface area contributed by atoms with Gasteiger partial charge in [-0.25, -0.2) is 4.39 Å². The molecule has 80 valence electrons. The fourth-order valence-electron chi connectivity index (χ4n) is 1.66. The van der Waals surface area contributed by atoms with E-state index in [4.69, 9.17) is 0 Å². The van der Waals surface area contributed by atoms with Crippen molar-refractivity contribution in [1.82, 2.24) is 0 Å². The van der Waals surface area contributed by atoms with Crippen LogP contribution in [0.2, 0.25) is 0 Å². The van der Waals surface area contributed by atoms with Gasteiger partial charge in [0, 0.05) is 0 Å². The Labute approximate surface area is 87.7 Å². The molecule has 1 atom stereocenters. The first kappa shape index (κ1) is 9.96. The van der Waals surface area contributed by atoms with Crippen LogP contribution in [-0.2, 0) is 4.79 Å². The number of hydrogen-bond acceptors (Lipinski definition) is 2. The second kappa shape index (κ2) is 3.53. The number of halogens is 1. The summed E-state index contributed by atoms with van der Waals surface area (Å²) < 4.78 is 12.9. The molecule has 4 heteroatoms. The van der Waals surface area contributed by atoms with Crippen LogP contribution in [0.15, 0.2) is 18.2 Å². The van der Waals surface area contributed by atoms with E-state index in [1.54, 1.807) is 6.07 Å². The molecule has 2 rings (SSSR count). The first-order chi connectivity index (χ1) is 7.08. The highest BCUT2D eigenvalue weighted by molar-refractivity contribution is 6.03. The van der Waals surface area contributed by atoms with Crippen molar-refractivity contribution >= 4 is 17.3 Å². The van der Waals surface area contributed by atoms with E-state index in [1.807, 2.05) is 13.8 Å². The monoisotopic (exact) mass is 208 g/mol. The molecule has 1 heterocycles. The molecule has 0 bridgehead atoms. The van der Waals surface area contributed by atoms with Crippen LogP contribution in [0.4, 0.5) is 15.8 Å². The number of anilines is 2.